The van der Waals surface area contributed by atoms with Crippen LogP contribution in [0.15, 0.2) is 48.7 Å². The zero-order valence-corrected chi connectivity index (χ0v) is 13.4. The minimum atomic E-state index is -0.135. The first kappa shape index (κ1) is 15.1. The lowest BCUT2D eigenvalue weighted by atomic mass is 10.1. The lowest BCUT2D eigenvalue weighted by molar-refractivity contribution is 0.0933. The summed E-state index contributed by atoms with van der Waals surface area (Å²) in [4.78, 5) is 17.1. The average molecular weight is 309 g/mol. The van der Waals surface area contributed by atoms with Crippen LogP contribution in [0.25, 0.3) is 5.65 Å². The van der Waals surface area contributed by atoms with Crippen molar-refractivity contribution in [1.29, 1.82) is 0 Å². The van der Waals surface area contributed by atoms with E-state index >= 15 is 0 Å². The van der Waals surface area contributed by atoms with E-state index in [1.54, 1.807) is 7.11 Å². The lowest BCUT2D eigenvalue weighted by Gasteiger charge is -2.15. The quantitative estimate of drug-likeness (QED) is 0.805. The van der Waals surface area contributed by atoms with Gasteiger partial charge in [0, 0.05) is 6.20 Å². The minimum absolute atomic E-state index is 0.109. The van der Waals surface area contributed by atoms with Gasteiger partial charge in [-0.25, -0.2) is 4.98 Å². The van der Waals surface area contributed by atoms with Crippen LogP contribution in [0.3, 0.4) is 0 Å². The third-order valence-electron chi connectivity index (χ3n) is 3.88. The maximum atomic E-state index is 12.7. The fourth-order valence-corrected chi connectivity index (χ4v) is 2.63. The zero-order valence-electron chi connectivity index (χ0n) is 13.4. The number of aryl methyl sites for hydroxylation is 1. The molecule has 5 heteroatoms. The number of aromatic nitrogens is 2. The Morgan fingerprint density at radius 1 is 1.22 bits per heavy atom. The van der Waals surface area contributed by atoms with Crippen LogP contribution in [0.5, 0.6) is 5.75 Å². The van der Waals surface area contributed by atoms with Crippen molar-refractivity contribution in [3.05, 3.63) is 65.6 Å². The second-order valence-corrected chi connectivity index (χ2v) is 5.44. The molecule has 1 atom stereocenters. The largest absolute Gasteiger partial charge is 0.497 e. The molecule has 1 aromatic carbocycles. The number of fused-ring (bicyclic) bond motifs is 1. The van der Waals surface area contributed by atoms with Crippen LogP contribution in [0.2, 0.25) is 0 Å². The Morgan fingerprint density at radius 2 is 1.96 bits per heavy atom. The van der Waals surface area contributed by atoms with E-state index < -0.39 is 0 Å². The maximum Gasteiger partial charge on any atom is 0.270 e. The molecule has 5 nitrogen and oxygen atoms in total. The van der Waals surface area contributed by atoms with Crippen LogP contribution in [0.4, 0.5) is 0 Å². The Bertz CT molecular complexity index is 837. The molecule has 2 aromatic heterocycles. The number of hydrogen-bond donors (Lipinski definition) is 1. The fraction of sp³-hybridized carbons (Fsp3) is 0.222. The summed E-state index contributed by atoms with van der Waals surface area (Å²) in [7, 11) is 1.63. The topological polar surface area (TPSA) is 55.6 Å². The summed E-state index contributed by atoms with van der Waals surface area (Å²) < 4.78 is 6.96. The molecule has 118 valence electrons. The second kappa shape index (κ2) is 6.12. The van der Waals surface area contributed by atoms with Crippen LogP contribution in [0.1, 0.15) is 34.7 Å². The standard InChI is InChI=1S/C18H19N3O2/c1-12(14-7-9-15(23-3)10-8-14)20-18(22)17-13(2)19-16-6-4-5-11-21(16)17/h4-12H,1-3H3,(H,20,22). The van der Waals surface area contributed by atoms with Gasteiger partial charge in [-0.15, -0.1) is 0 Å². The number of nitrogens with one attached hydrogen (secondary N) is 1. The maximum absolute atomic E-state index is 12.7. The highest BCUT2D eigenvalue weighted by Crippen LogP contribution is 2.18. The SMILES string of the molecule is COc1ccc(C(C)NC(=O)c2c(C)nc3ccccn23)cc1. The smallest absolute Gasteiger partial charge is 0.270 e. The first-order chi connectivity index (χ1) is 11.1. The number of imidazole rings is 1. The number of rotatable bonds is 4. The van der Waals surface area contributed by atoms with Crippen LogP contribution < -0.4 is 10.1 Å². The van der Waals surface area contributed by atoms with Crippen molar-refractivity contribution >= 4 is 11.6 Å². The van der Waals surface area contributed by atoms with Crippen molar-refractivity contribution in [2.75, 3.05) is 7.11 Å². The van der Waals surface area contributed by atoms with Crippen molar-refractivity contribution in [2.45, 2.75) is 19.9 Å². The van der Waals surface area contributed by atoms with E-state index in [1.165, 1.54) is 0 Å². The molecule has 1 amide bonds. The molecule has 23 heavy (non-hydrogen) atoms. The molecule has 0 aliphatic carbocycles. The van der Waals surface area contributed by atoms with Gasteiger partial charge < -0.3 is 10.1 Å². The Balaban J connectivity index is 1.83. The van der Waals surface area contributed by atoms with E-state index in [-0.39, 0.29) is 11.9 Å². The summed E-state index contributed by atoms with van der Waals surface area (Å²) in [5, 5.41) is 3.03. The Hall–Kier alpha value is -2.82. The van der Waals surface area contributed by atoms with Gasteiger partial charge in [-0.1, -0.05) is 18.2 Å². The molecule has 0 aliphatic heterocycles. The van der Waals surface area contributed by atoms with E-state index in [0.29, 0.717) is 5.69 Å². The highest BCUT2D eigenvalue weighted by molar-refractivity contribution is 5.94. The van der Waals surface area contributed by atoms with Gasteiger partial charge >= 0.3 is 0 Å². The minimum Gasteiger partial charge on any atom is -0.497 e. The summed E-state index contributed by atoms with van der Waals surface area (Å²) in [5.74, 6) is 0.662. The molecule has 0 spiro atoms. The van der Waals surface area contributed by atoms with Crippen LogP contribution in [0, 0.1) is 6.92 Å². The second-order valence-electron chi connectivity index (χ2n) is 5.44. The molecule has 0 aliphatic rings. The van der Waals surface area contributed by atoms with E-state index in [4.69, 9.17) is 4.74 Å². The summed E-state index contributed by atoms with van der Waals surface area (Å²) in [5.41, 5.74) is 3.08. The Morgan fingerprint density at radius 3 is 2.65 bits per heavy atom. The fourth-order valence-electron chi connectivity index (χ4n) is 2.63. The number of amides is 1. The number of hydrogen-bond acceptors (Lipinski definition) is 3. The van der Waals surface area contributed by atoms with Gasteiger partial charge in [0.25, 0.3) is 5.91 Å². The molecular formula is C18H19N3O2. The van der Waals surface area contributed by atoms with Gasteiger partial charge in [-0.3, -0.25) is 9.20 Å². The monoisotopic (exact) mass is 309 g/mol. The van der Waals surface area contributed by atoms with Crippen LogP contribution in [-0.2, 0) is 0 Å². The van der Waals surface area contributed by atoms with Gasteiger partial charge in [0.05, 0.1) is 18.8 Å². The van der Waals surface area contributed by atoms with E-state index in [0.717, 1.165) is 22.7 Å². The highest BCUT2D eigenvalue weighted by Gasteiger charge is 2.18. The predicted molar refractivity (Wildman–Crippen MR) is 88.8 cm³/mol. The molecular weight excluding hydrogens is 290 g/mol. The van der Waals surface area contributed by atoms with E-state index in [2.05, 4.69) is 10.3 Å². The zero-order chi connectivity index (χ0) is 16.4. The normalized spacial score (nSPS) is 12.1. The van der Waals surface area contributed by atoms with Gasteiger partial charge in [0.1, 0.15) is 17.1 Å². The summed E-state index contributed by atoms with van der Waals surface area (Å²) in [6, 6.07) is 13.2. The molecule has 0 saturated carbocycles. The third kappa shape index (κ3) is 2.90. The molecule has 1 N–H and O–H groups in total. The van der Waals surface area contributed by atoms with Crippen molar-refractivity contribution in [3.8, 4) is 5.75 Å². The molecule has 1 unspecified atom stereocenters. The predicted octanol–water partition coefficient (Wildman–Crippen LogP) is 3.14. The summed E-state index contributed by atoms with van der Waals surface area (Å²) >= 11 is 0. The highest BCUT2D eigenvalue weighted by atomic mass is 16.5. The number of nitrogens with zero attached hydrogens (tertiary/aromatic N) is 2. The van der Waals surface area contributed by atoms with Crippen molar-refractivity contribution in [1.82, 2.24) is 14.7 Å². The average Bonchev–Trinajstić information content (AvgIpc) is 2.90. The number of carbonyl (C=O) groups excluding carboxylic acids is 1. The molecule has 0 fully saturated rings. The number of ether oxygens (including phenoxy) is 1. The molecule has 2 heterocycles. The van der Waals surface area contributed by atoms with Crippen molar-refractivity contribution in [3.63, 3.8) is 0 Å². The van der Waals surface area contributed by atoms with Gasteiger partial charge in [-0.2, -0.15) is 0 Å². The summed E-state index contributed by atoms with van der Waals surface area (Å²) in [6.07, 6.45) is 1.85. The van der Waals surface area contributed by atoms with Gasteiger partial charge in [0.2, 0.25) is 0 Å². The van der Waals surface area contributed by atoms with Crippen molar-refractivity contribution < 1.29 is 9.53 Å². The van der Waals surface area contributed by atoms with E-state index in [1.807, 2.05) is 66.9 Å². The first-order valence-electron chi connectivity index (χ1n) is 7.48. The number of benzene rings is 1. The Labute approximate surface area is 134 Å². The lowest BCUT2D eigenvalue weighted by Crippen LogP contribution is -2.28. The molecule has 0 radical (unpaired) electrons. The van der Waals surface area contributed by atoms with Gasteiger partial charge in [0.15, 0.2) is 0 Å². The number of methoxy groups -OCH3 is 1. The third-order valence-corrected chi connectivity index (χ3v) is 3.88. The number of carbonyl (C=O) groups is 1. The Kier molecular flexibility index (Phi) is 4.02. The molecule has 0 bridgehead atoms. The van der Waals surface area contributed by atoms with Gasteiger partial charge in [-0.05, 0) is 43.7 Å². The summed E-state index contributed by atoms with van der Waals surface area (Å²) in [6.45, 7) is 3.80. The molecule has 3 aromatic rings. The molecule has 3 rings (SSSR count). The molecule has 0 saturated heterocycles. The number of pyridine rings is 1. The first-order valence-corrected chi connectivity index (χ1v) is 7.48. The van der Waals surface area contributed by atoms with E-state index in [9.17, 15) is 4.79 Å². The van der Waals surface area contributed by atoms with Crippen LogP contribution >= 0.6 is 0 Å². The van der Waals surface area contributed by atoms with Crippen LogP contribution in [-0.4, -0.2) is 22.4 Å². The van der Waals surface area contributed by atoms with Crippen molar-refractivity contribution in [2.24, 2.45) is 0 Å².